The average Bonchev–Trinajstić information content (AvgIpc) is 3.17. The van der Waals surface area contributed by atoms with Crippen LogP contribution in [0.1, 0.15) is 23.8 Å². The highest BCUT2D eigenvalue weighted by Gasteiger charge is 2.40. The molecule has 2 saturated heterocycles. The van der Waals surface area contributed by atoms with Crippen LogP contribution < -0.4 is 5.32 Å². The molecule has 3 unspecified atom stereocenters. The minimum Gasteiger partial charge on any atom is -0.354 e. The summed E-state index contributed by atoms with van der Waals surface area (Å²) in [5.41, 5.74) is 0.828. The van der Waals surface area contributed by atoms with Crippen LogP contribution in [0.2, 0.25) is 5.02 Å². The predicted octanol–water partition coefficient (Wildman–Crippen LogP) is 3.81. The van der Waals surface area contributed by atoms with Crippen LogP contribution in [-0.2, 0) is 4.79 Å². The summed E-state index contributed by atoms with van der Waals surface area (Å²) in [5.74, 6) is 0.457. The summed E-state index contributed by atoms with van der Waals surface area (Å²) in [6, 6.07) is 0. The number of carbonyl (C=O) groups excluding carboxylic acids is 1. The Hall–Kier alpha value is -1.12. The topological polar surface area (TPSA) is 61.4 Å². The van der Waals surface area contributed by atoms with Crippen LogP contribution in [-0.4, -0.2) is 71.3 Å². The van der Waals surface area contributed by atoms with E-state index in [0.717, 1.165) is 57.8 Å². The maximum atomic E-state index is 11.8. The zero-order valence-electron chi connectivity index (χ0n) is 17.1. The number of rotatable bonds is 7. The average molecular weight is 468 g/mol. The summed E-state index contributed by atoms with van der Waals surface area (Å²) in [7, 11) is 2.17. The summed E-state index contributed by atoms with van der Waals surface area (Å²) in [5, 5.41) is 3.70. The number of fused-ring (bicyclic) bond motifs is 1. The molecule has 0 spiro atoms. The van der Waals surface area contributed by atoms with Gasteiger partial charge in [-0.25, -0.2) is 9.97 Å². The summed E-state index contributed by atoms with van der Waals surface area (Å²) in [4.78, 5) is 26.9. The third kappa shape index (κ3) is 5.19. The Balaban J connectivity index is 1.33. The van der Waals surface area contributed by atoms with E-state index < -0.39 is 0 Å². The van der Waals surface area contributed by atoms with Gasteiger partial charge in [-0.1, -0.05) is 29.8 Å². The lowest BCUT2D eigenvalue weighted by Crippen LogP contribution is -2.44. The number of nitrogens with zero attached hydrogens (tertiary/aromatic N) is 4. The first kappa shape index (κ1) is 22.1. The number of thioether (sulfide) groups is 1. The molecule has 3 aliphatic rings. The SMILES string of the molecule is CN1CCN(CCCNc2ncc(Cl)c(C3CC4C(=CC=CC4C(=O)Cl)S3)n2)CC1. The molecule has 3 atom stereocenters. The molecule has 1 aromatic rings. The van der Waals surface area contributed by atoms with Crippen molar-refractivity contribution in [2.45, 2.75) is 18.1 Å². The van der Waals surface area contributed by atoms with Crippen LogP contribution in [0.4, 0.5) is 5.95 Å². The largest absolute Gasteiger partial charge is 0.354 e. The number of piperazine rings is 1. The van der Waals surface area contributed by atoms with Crippen LogP contribution in [0.15, 0.2) is 29.3 Å². The van der Waals surface area contributed by atoms with Gasteiger partial charge in [-0.3, -0.25) is 4.79 Å². The number of hydrogen-bond acceptors (Lipinski definition) is 7. The van der Waals surface area contributed by atoms with E-state index in [4.69, 9.17) is 28.2 Å². The maximum Gasteiger partial charge on any atom is 0.229 e. The van der Waals surface area contributed by atoms with Gasteiger partial charge < -0.3 is 15.1 Å². The third-order valence-electron chi connectivity index (χ3n) is 5.99. The molecule has 0 amide bonds. The Bertz CT molecular complexity index is 841. The van der Waals surface area contributed by atoms with E-state index >= 15 is 0 Å². The Morgan fingerprint density at radius 2 is 2.13 bits per heavy atom. The van der Waals surface area contributed by atoms with Crippen LogP contribution in [0.25, 0.3) is 0 Å². The van der Waals surface area contributed by atoms with Gasteiger partial charge in [0, 0.05) is 38.6 Å². The van der Waals surface area contributed by atoms with E-state index in [0.29, 0.717) is 11.0 Å². The Morgan fingerprint density at radius 3 is 2.90 bits per heavy atom. The molecule has 1 aromatic heterocycles. The van der Waals surface area contributed by atoms with Crippen LogP contribution in [0.3, 0.4) is 0 Å². The van der Waals surface area contributed by atoms with Crippen molar-refractivity contribution in [1.29, 1.82) is 0 Å². The van der Waals surface area contributed by atoms with Gasteiger partial charge in [-0.2, -0.15) is 0 Å². The number of halogens is 2. The molecular weight excluding hydrogens is 441 g/mol. The Labute approximate surface area is 192 Å². The Kier molecular flexibility index (Phi) is 7.36. The first-order valence-corrected chi connectivity index (χ1v) is 12.1. The van der Waals surface area contributed by atoms with Crippen molar-refractivity contribution in [3.8, 4) is 0 Å². The molecule has 1 N–H and O–H groups in total. The molecule has 3 heterocycles. The molecule has 6 nitrogen and oxygen atoms in total. The molecule has 30 heavy (non-hydrogen) atoms. The molecule has 0 bridgehead atoms. The summed E-state index contributed by atoms with van der Waals surface area (Å²) in [6.07, 6.45) is 9.39. The summed E-state index contributed by atoms with van der Waals surface area (Å²) < 4.78 is 0. The maximum absolute atomic E-state index is 11.8. The smallest absolute Gasteiger partial charge is 0.229 e. The van der Waals surface area contributed by atoms with Gasteiger partial charge >= 0.3 is 0 Å². The van der Waals surface area contributed by atoms with Crippen molar-refractivity contribution in [2.75, 3.05) is 51.6 Å². The fourth-order valence-electron chi connectivity index (χ4n) is 4.20. The van der Waals surface area contributed by atoms with E-state index in [2.05, 4.69) is 33.2 Å². The highest BCUT2D eigenvalue weighted by Crippen LogP contribution is 2.55. The number of nitrogens with one attached hydrogen (secondary N) is 1. The van der Waals surface area contributed by atoms with E-state index in [-0.39, 0.29) is 22.3 Å². The van der Waals surface area contributed by atoms with E-state index in [1.807, 2.05) is 12.2 Å². The van der Waals surface area contributed by atoms with Crippen molar-refractivity contribution in [3.63, 3.8) is 0 Å². The second-order valence-corrected chi connectivity index (χ2v) is 10.1. The van der Waals surface area contributed by atoms with E-state index in [9.17, 15) is 4.79 Å². The second kappa shape index (κ2) is 10.0. The van der Waals surface area contributed by atoms with Crippen molar-refractivity contribution < 1.29 is 4.79 Å². The van der Waals surface area contributed by atoms with Crippen LogP contribution >= 0.6 is 35.0 Å². The lowest BCUT2D eigenvalue weighted by Gasteiger charge is -2.32. The van der Waals surface area contributed by atoms with E-state index in [1.54, 1.807) is 18.0 Å². The lowest BCUT2D eigenvalue weighted by molar-refractivity contribution is -0.114. The minimum absolute atomic E-state index is 0.0982. The first-order chi connectivity index (χ1) is 14.5. The Morgan fingerprint density at radius 1 is 1.33 bits per heavy atom. The van der Waals surface area contributed by atoms with Gasteiger partial charge in [0.2, 0.25) is 11.2 Å². The molecule has 2 aliphatic heterocycles. The van der Waals surface area contributed by atoms with Gasteiger partial charge in [0.15, 0.2) is 0 Å². The monoisotopic (exact) mass is 467 g/mol. The lowest BCUT2D eigenvalue weighted by atomic mass is 9.85. The zero-order chi connectivity index (χ0) is 21.1. The minimum atomic E-state index is -0.306. The highest BCUT2D eigenvalue weighted by molar-refractivity contribution is 8.03. The highest BCUT2D eigenvalue weighted by atomic mass is 35.5. The normalized spacial score (nSPS) is 27.0. The fourth-order valence-corrected chi connectivity index (χ4v) is 6.21. The van der Waals surface area contributed by atoms with Gasteiger partial charge in [-0.15, -0.1) is 11.8 Å². The molecule has 4 rings (SSSR count). The van der Waals surface area contributed by atoms with Crippen molar-refractivity contribution in [2.24, 2.45) is 11.8 Å². The molecule has 0 radical (unpaired) electrons. The summed E-state index contributed by atoms with van der Waals surface area (Å²) >= 11 is 14.0. The van der Waals surface area contributed by atoms with Crippen molar-refractivity contribution in [1.82, 2.24) is 19.8 Å². The predicted molar refractivity (Wildman–Crippen MR) is 124 cm³/mol. The molecule has 0 aromatic carbocycles. The number of allylic oxidation sites excluding steroid dienone is 4. The number of hydrogen-bond donors (Lipinski definition) is 1. The molecular formula is C21H27Cl2N5OS. The number of likely N-dealkylation sites (N-methyl/N-ethyl adjacent to an activating group) is 1. The van der Waals surface area contributed by atoms with Gasteiger partial charge in [0.25, 0.3) is 0 Å². The zero-order valence-corrected chi connectivity index (χ0v) is 19.4. The number of aromatic nitrogens is 2. The second-order valence-electron chi connectivity index (χ2n) is 8.08. The molecule has 1 aliphatic carbocycles. The molecule has 9 heteroatoms. The van der Waals surface area contributed by atoms with Gasteiger partial charge in [0.05, 0.1) is 28.1 Å². The number of carbonyl (C=O) groups is 1. The standard InChI is InChI=1S/C21H27Cl2N5OS/c1-27-8-10-28(11-9-27)7-3-6-24-21-25-13-16(22)19(26-21)18-12-15-14(20(23)29)4-2-5-17(15)30-18/h2,4-5,13-15,18H,3,6-12H2,1H3,(H,24,25,26). The number of anilines is 1. The van der Waals surface area contributed by atoms with Gasteiger partial charge in [0.1, 0.15) is 0 Å². The van der Waals surface area contributed by atoms with Crippen LogP contribution in [0, 0.1) is 11.8 Å². The van der Waals surface area contributed by atoms with Gasteiger partial charge in [-0.05, 0) is 42.9 Å². The van der Waals surface area contributed by atoms with Crippen LogP contribution in [0.5, 0.6) is 0 Å². The first-order valence-electron chi connectivity index (χ1n) is 10.4. The van der Waals surface area contributed by atoms with Crippen molar-refractivity contribution >= 4 is 46.2 Å². The fraction of sp³-hybridized carbons (Fsp3) is 0.571. The quantitative estimate of drug-likeness (QED) is 0.482. The molecule has 2 fully saturated rings. The third-order valence-corrected chi connectivity index (χ3v) is 7.95. The molecule has 0 saturated carbocycles. The molecule has 162 valence electrons. The summed E-state index contributed by atoms with van der Waals surface area (Å²) in [6.45, 7) is 6.45. The van der Waals surface area contributed by atoms with Crippen molar-refractivity contribution in [3.05, 3.63) is 40.0 Å². The van der Waals surface area contributed by atoms with E-state index in [1.165, 1.54) is 4.91 Å².